The van der Waals surface area contributed by atoms with Crippen molar-refractivity contribution < 1.29 is 27.8 Å². The molecular formula is C20H22F3N3O3S. The highest BCUT2D eigenvalue weighted by Crippen LogP contribution is 2.40. The van der Waals surface area contributed by atoms with Gasteiger partial charge in [-0.25, -0.2) is 4.98 Å². The van der Waals surface area contributed by atoms with E-state index in [4.69, 9.17) is 4.74 Å². The highest BCUT2D eigenvalue weighted by atomic mass is 32.2. The van der Waals surface area contributed by atoms with E-state index in [9.17, 15) is 23.1 Å². The summed E-state index contributed by atoms with van der Waals surface area (Å²) in [6.07, 6.45) is 3.25. The molecule has 1 aliphatic carbocycles. The van der Waals surface area contributed by atoms with Crippen LogP contribution >= 0.6 is 11.8 Å². The first kappa shape index (κ1) is 21.0. The second-order valence-electron chi connectivity index (χ2n) is 7.81. The number of thioether (sulfide) groups is 1. The van der Waals surface area contributed by atoms with E-state index in [1.54, 1.807) is 28.9 Å². The Labute approximate surface area is 176 Å². The molecule has 1 amide bonds. The Hall–Kier alpha value is -2.20. The molecule has 2 aromatic rings. The van der Waals surface area contributed by atoms with Gasteiger partial charge in [0.2, 0.25) is 0 Å². The minimum Gasteiger partial charge on any atom is -0.488 e. The Kier molecular flexibility index (Phi) is 5.71. The summed E-state index contributed by atoms with van der Waals surface area (Å²) in [6, 6.07) is 5.68. The molecule has 0 bridgehead atoms. The smallest absolute Gasteiger partial charge is 0.446 e. The number of alkyl halides is 3. The fourth-order valence-electron chi connectivity index (χ4n) is 4.29. The molecule has 1 saturated carbocycles. The Morgan fingerprint density at radius 3 is 2.47 bits per heavy atom. The number of fused-ring (bicyclic) bond motifs is 1. The molecule has 1 aliphatic heterocycles. The number of aliphatic hydroxyl groups is 1. The molecule has 1 N–H and O–H groups in total. The molecule has 2 aliphatic rings. The van der Waals surface area contributed by atoms with Crippen LogP contribution in [0.1, 0.15) is 23.5 Å². The molecule has 1 saturated heterocycles. The summed E-state index contributed by atoms with van der Waals surface area (Å²) in [7, 11) is 1.77. The maximum atomic E-state index is 12.7. The van der Waals surface area contributed by atoms with Crippen LogP contribution in [0, 0.1) is 11.8 Å². The van der Waals surface area contributed by atoms with E-state index in [2.05, 4.69) is 4.98 Å². The molecule has 6 nitrogen and oxygen atoms in total. The molecule has 1 aromatic carbocycles. The van der Waals surface area contributed by atoms with Gasteiger partial charge in [0.15, 0.2) is 5.82 Å². The lowest BCUT2D eigenvalue weighted by molar-refractivity contribution is -0.0328. The number of rotatable bonds is 4. The van der Waals surface area contributed by atoms with Gasteiger partial charge in [-0.1, -0.05) is 0 Å². The van der Waals surface area contributed by atoms with E-state index in [1.165, 1.54) is 24.3 Å². The van der Waals surface area contributed by atoms with Gasteiger partial charge in [0.1, 0.15) is 11.9 Å². The second kappa shape index (κ2) is 8.14. The van der Waals surface area contributed by atoms with Crippen LogP contribution in [-0.2, 0) is 7.05 Å². The minimum absolute atomic E-state index is 0.0818. The normalized spacial score (nSPS) is 26.5. The number of carbonyl (C=O) groups excluding carboxylic acids is 1. The van der Waals surface area contributed by atoms with Gasteiger partial charge >= 0.3 is 5.51 Å². The van der Waals surface area contributed by atoms with Crippen LogP contribution in [0.25, 0.3) is 0 Å². The maximum absolute atomic E-state index is 12.7. The molecule has 0 spiro atoms. The second-order valence-corrected chi connectivity index (χ2v) is 8.94. The van der Waals surface area contributed by atoms with Crippen LogP contribution in [0.3, 0.4) is 0 Å². The first-order valence-electron chi connectivity index (χ1n) is 9.67. The number of amides is 1. The molecule has 0 unspecified atom stereocenters. The number of halogens is 3. The van der Waals surface area contributed by atoms with E-state index < -0.39 is 17.7 Å². The molecule has 1 aromatic heterocycles. The molecule has 162 valence electrons. The van der Waals surface area contributed by atoms with E-state index >= 15 is 0 Å². The molecule has 10 heteroatoms. The topological polar surface area (TPSA) is 67.6 Å². The van der Waals surface area contributed by atoms with Gasteiger partial charge in [-0.2, -0.15) is 13.2 Å². The van der Waals surface area contributed by atoms with Crippen molar-refractivity contribution in [2.24, 2.45) is 18.9 Å². The average molecular weight is 441 g/mol. The molecule has 30 heavy (non-hydrogen) atoms. The maximum Gasteiger partial charge on any atom is 0.446 e. The third-order valence-corrected chi connectivity index (χ3v) is 6.47. The number of aromatic nitrogens is 2. The summed E-state index contributed by atoms with van der Waals surface area (Å²) in [5.41, 5.74) is -4.34. The molecule has 4 rings (SSSR count). The number of imidazole rings is 1. The summed E-state index contributed by atoms with van der Waals surface area (Å²) >= 11 is -0.178. The molecule has 0 radical (unpaired) electrons. The Morgan fingerprint density at radius 1 is 1.20 bits per heavy atom. The highest BCUT2D eigenvalue weighted by molar-refractivity contribution is 8.00. The number of aryl methyl sites for hydroxylation is 1. The summed E-state index contributed by atoms with van der Waals surface area (Å²) in [6.45, 7) is 1.15. The standard InChI is InChI=1S/C20H22F3N3O3S/c1-25-7-6-24-18(25)19(28)26-10-12-8-16(27)17(9-13(12)11-26)29-14-2-4-15(5-3-14)30-20(21,22)23/h2-7,12-13,16-17,27H,8-11H2,1H3/t12-,13+,16+,17+/m0/s1. The lowest BCUT2D eigenvalue weighted by atomic mass is 9.78. The summed E-state index contributed by atoms with van der Waals surface area (Å²) in [5, 5.41) is 10.5. The van der Waals surface area contributed by atoms with Gasteiger partial charge in [-0.15, -0.1) is 0 Å². The third-order valence-electron chi connectivity index (χ3n) is 5.73. The lowest BCUT2D eigenvalue weighted by Gasteiger charge is -2.35. The quantitative estimate of drug-likeness (QED) is 0.738. The zero-order valence-electron chi connectivity index (χ0n) is 16.2. The van der Waals surface area contributed by atoms with Crippen LogP contribution in [0.5, 0.6) is 5.75 Å². The predicted molar refractivity (Wildman–Crippen MR) is 104 cm³/mol. The van der Waals surface area contributed by atoms with Crippen LogP contribution in [0.15, 0.2) is 41.6 Å². The number of likely N-dealkylation sites (tertiary alicyclic amines) is 1. The van der Waals surface area contributed by atoms with E-state index in [-0.39, 0.29) is 34.4 Å². The van der Waals surface area contributed by atoms with Crippen LogP contribution in [0.4, 0.5) is 13.2 Å². The van der Waals surface area contributed by atoms with Crippen molar-refractivity contribution >= 4 is 17.7 Å². The highest BCUT2D eigenvalue weighted by Gasteiger charge is 2.44. The lowest BCUT2D eigenvalue weighted by Crippen LogP contribution is -2.42. The van der Waals surface area contributed by atoms with Crippen molar-refractivity contribution in [3.05, 3.63) is 42.5 Å². The van der Waals surface area contributed by atoms with Crippen LogP contribution in [0.2, 0.25) is 0 Å². The van der Waals surface area contributed by atoms with Crippen molar-refractivity contribution in [3.63, 3.8) is 0 Å². The number of benzene rings is 1. The van der Waals surface area contributed by atoms with E-state index in [0.717, 1.165) is 0 Å². The summed E-state index contributed by atoms with van der Waals surface area (Å²) in [5.74, 6) is 1.07. The zero-order chi connectivity index (χ0) is 21.5. The fourth-order valence-corrected chi connectivity index (χ4v) is 4.83. The number of ether oxygens (including phenoxy) is 1. The summed E-state index contributed by atoms with van der Waals surface area (Å²) in [4.78, 5) is 18.7. The number of carbonyl (C=O) groups is 1. The number of hydrogen-bond donors (Lipinski definition) is 1. The van der Waals surface area contributed by atoms with Gasteiger partial charge in [0.25, 0.3) is 5.91 Å². The summed E-state index contributed by atoms with van der Waals surface area (Å²) < 4.78 is 44.9. The Morgan fingerprint density at radius 2 is 1.87 bits per heavy atom. The fraction of sp³-hybridized carbons (Fsp3) is 0.500. The minimum atomic E-state index is -4.34. The Bertz CT molecular complexity index is 903. The first-order valence-corrected chi connectivity index (χ1v) is 10.5. The molecule has 4 atom stereocenters. The zero-order valence-corrected chi connectivity index (χ0v) is 17.1. The molecule has 2 fully saturated rings. The Balaban J connectivity index is 1.37. The monoisotopic (exact) mass is 441 g/mol. The van der Waals surface area contributed by atoms with Crippen LogP contribution in [-0.4, -0.2) is 56.3 Å². The first-order chi connectivity index (χ1) is 14.2. The van der Waals surface area contributed by atoms with E-state index in [1.807, 2.05) is 0 Å². The molecule has 2 heterocycles. The van der Waals surface area contributed by atoms with Gasteiger partial charge < -0.3 is 19.3 Å². The van der Waals surface area contributed by atoms with Gasteiger partial charge in [0.05, 0.1) is 6.10 Å². The largest absolute Gasteiger partial charge is 0.488 e. The number of aliphatic hydroxyl groups excluding tert-OH is 1. The van der Waals surface area contributed by atoms with Crippen molar-refractivity contribution in [3.8, 4) is 5.75 Å². The van der Waals surface area contributed by atoms with Crippen molar-refractivity contribution in [2.45, 2.75) is 35.5 Å². The predicted octanol–water partition coefficient (Wildman–Crippen LogP) is 3.32. The van der Waals surface area contributed by atoms with Gasteiger partial charge in [-0.3, -0.25) is 4.79 Å². The average Bonchev–Trinajstić information content (AvgIpc) is 3.27. The molecular weight excluding hydrogens is 419 g/mol. The van der Waals surface area contributed by atoms with Crippen molar-refractivity contribution in [1.29, 1.82) is 0 Å². The van der Waals surface area contributed by atoms with E-state index in [0.29, 0.717) is 37.5 Å². The van der Waals surface area contributed by atoms with Crippen LogP contribution < -0.4 is 4.74 Å². The number of hydrogen-bond acceptors (Lipinski definition) is 5. The van der Waals surface area contributed by atoms with Crippen molar-refractivity contribution in [2.75, 3.05) is 13.1 Å². The van der Waals surface area contributed by atoms with Crippen molar-refractivity contribution in [1.82, 2.24) is 14.5 Å². The SMILES string of the molecule is Cn1ccnc1C(=O)N1C[C@H]2C[C@@H](Oc3ccc(SC(F)(F)F)cc3)[C@H](O)C[C@H]2C1. The third kappa shape index (κ3) is 4.59. The number of nitrogens with zero attached hydrogens (tertiary/aromatic N) is 3. The van der Waals surface area contributed by atoms with Gasteiger partial charge in [-0.05, 0) is 60.7 Å². The van der Waals surface area contributed by atoms with Gasteiger partial charge in [0, 0.05) is 37.4 Å².